The Labute approximate surface area is 187 Å². The molecule has 32 heavy (non-hydrogen) atoms. The normalized spacial score (nSPS) is 15.4. The summed E-state index contributed by atoms with van der Waals surface area (Å²) in [6.45, 7) is 5.18. The molecule has 2 amide bonds. The highest BCUT2D eigenvalue weighted by Crippen LogP contribution is 2.33. The van der Waals surface area contributed by atoms with Crippen LogP contribution in [0.4, 0.5) is 0 Å². The molecule has 1 aromatic carbocycles. The van der Waals surface area contributed by atoms with Gasteiger partial charge >= 0.3 is 0 Å². The molecule has 1 fully saturated rings. The van der Waals surface area contributed by atoms with Crippen molar-refractivity contribution in [3.05, 3.63) is 64.5 Å². The van der Waals surface area contributed by atoms with E-state index in [4.69, 9.17) is 4.42 Å². The second-order valence-electron chi connectivity index (χ2n) is 7.91. The number of carbonyl (C=O) groups is 2. The molecule has 1 atom stereocenters. The van der Waals surface area contributed by atoms with Gasteiger partial charge in [0, 0.05) is 36.3 Å². The number of benzene rings is 1. The number of furan rings is 1. The first kappa shape index (κ1) is 20.4. The molecule has 0 spiro atoms. The molecule has 8 nitrogen and oxygen atoms in total. The van der Waals surface area contributed by atoms with Gasteiger partial charge in [-0.2, -0.15) is 5.10 Å². The van der Waals surface area contributed by atoms with Crippen molar-refractivity contribution in [3.63, 3.8) is 0 Å². The Morgan fingerprint density at radius 3 is 2.50 bits per heavy atom. The van der Waals surface area contributed by atoms with E-state index < -0.39 is 6.04 Å². The molecule has 1 saturated heterocycles. The Hall–Kier alpha value is -3.46. The number of aromatic nitrogens is 2. The number of fused-ring (bicyclic) bond motifs is 3. The second kappa shape index (κ2) is 7.90. The minimum Gasteiger partial charge on any atom is -0.459 e. The van der Waals surface area contributed by atoms with Crippen LogP contribution in [0.5, 0.6) is 0 Å². The predicted octanol–water partition coefficient (Wildman–Crippen LogP) is 3.06. The van der Waals surface area contributed by atoms with Gasteiger partial charge in [0.2, 0.25) is 5.91 Å². The minimum absolute atomic E-state index is 0.178. The number of thiophene rings is 1. The number of piperazine rings is 1. The van der Waals surface area contributed by atoms with E-state index in [0.717, 1.165) is 20.5 Å². The average Bonchev–Trinajstić information content (AvgIpc) is 3.49. The van der Waals surface area contributed by atoms with Gasteiger partial charge in [-0.3, -0.25) is 14.4 Å². The maximum absolute atomic E-state index is 13.3. The summed E-state index contributed by atoms with van der Waals surface area (Å²) >= 11 is 1.54. The van der Waals surface area contributed by atoms with E-state index in [1.54, 1.807) is 40.2 Å². The van der Waals surface area contributed by atoms with E-state index in [9.17, 15) is 14.4 Å². The van der Waals surface area contributed by atoms with Crippen molar-refractivity contribution >= 4 is 43.3 Å². The monoisotopic (exact) mass is 450 g/mol. The first-order chi connectivity index (χ1) is 15.5. The lowest BCUT2D eigenvalue weighted by atomic mass is 10.2. The smallest absolute Gasteiger partial charge is 0.289 e. The minimum atomic E-state index is -0.739. The van der Waals surface area contributed by atoms with Gasteiger partial charge in [0.1, 0.15) is 6.04 Å². The fourth-order valence-corrected chi connectivity index (χ4v) is 5.33. The molecule has 4 aromatic rings. The van der Waals surface area contributed by atoms with Crippen LogP contribution in [0, 0.1) is 6.92 Å². The summed E-state index contributed by atoms with van der Waals surface area (Å²) in [7, 11) is 0. The molecule has 4 heterocycles. The lowest BCUT2D eigenvalue weighted by Gasteiger charge is -2.35. The quantitative estimate of drug-likeness (QED) is 0.479. The summed E-state index contributed by atoms with van der Waals surface area (Å²) < 4.78 is 8.38. The zero-order chi connectivity index (χ0) is 22.4. The number of rotatable bonds is 3. The van der Waals surface area contributed by atoms with Crippen molar-refractivity contribution in [1.29, 1.82) is 0 Å². The van der Waals surface area contributed by atoms with Crippen molar-refractivity contribution in [2.45, 2.75) is 19.9 Å². The number of nitrogens with zero attached hydrogens (tertiary/aromatic N) is 4. The molecule has 0 saturated carbocycles. The van der Waals surface area contributed by atoms with Crippen molar-refractivity contribution in [1.82, 2.24) is 19.6 Å². The van der Waals surface area contributed by atoms with Gasteiger partial charge in [0.15, 0.2) is 5.76 Å². The molecule has 9 heteroatoms. The Morgan fingerprint density at radius 2 is 1.78 bits per heavy atom. The molecule has 3 aromatic heterocycles. The Kier molecular flexibility index (Phi) is 5.05. The van der Waals surface area contributed by atoms with Crippen LogP contribution in [0.15, 0.2) is 51.9 Å². The van der Waals surface area contributed by atoms with Gasteiger partial charge in [-0.15, -0.1) is 11.3 Å². The summed E-state index contributed by atoms with van der Waals surface area (Å²) in [4.78, 5) is 42.4. The van der Waals surface area contributed by atoms with E-state index >= 15 is 0 Å². The standard InChI is InChI=1S/C23H22N4O4S/c1-14-20-19(16-6-3-4-8-18(16)32-20)23(30)27(24-14)15(2)21(28)25-9-11-26(12-10-25)22(29)17-7-5-13-31-17/h3-8,13,15H,9-12H2,1-2H3/t15-/m1/s1. The number of aryl methyl sites for hydroxylation is 1. The molecule has 1 aliphatic rings. The predicted molar refractivity (Wildman–Crippen MR) is 122 cm³/mol. The third-order valence-corrected chi connectivity index (χ3v) is 7.22. The molecule has 0 aliphatic carbocycles. The molecule has 0 radical (unpaired) electrons. The van der Waals surface area contributed by atoms with Crippen LogP contribution in [0.3, 0.4) is 0 Å². The van der Waals surface area contributed by atoms with Gasteiger partial charge < -0.3 is 14.2 Å². The summed E-state index contributed by atoms with van der Waals surface area (Å²) in [5.41, 5.74) is 0.477. The maximum atomic E-state index is 13.3. The van der Waals surface area contributed by atoms with E-state index in [2.05, 4.69) is 5.10 Å². The van der Waals surface area contributed by atoms with Crippen molar-refractivity contribution in [2.24, 2.45) is 0 Å². The van der Waals surface area contributed by atoms with Crippen LogP contribution >= 0.6 is 11.3 Å². The number of hydrogen-bond donors (Lipinski definition) is 0. The third-order valence-electron chi connectivity index (χ3n) is 5.94. The van der Waals surface area contributed by atoms with E-state index in [0.29, 0.717) is 37.3 Å². The number of amides is 2. The number of carbonyl (C=O) groups excluding carboxylic acids is 2. The summed E-state index contributed by atoms with van der Waals surface area (Å²) in [6, 6.07) is 10.3. The van der Waals surface area contributed by atoms with Crippen LogP contribution in [0.25, 0.3) is 20.2 Å². The summed E-state index contributed by atoms with van der Waals surface area (Å²) in [5.74, 6) is -0.0675. The first-order valence-corrected chi connectivity index (χ1v) is 11.3. The number of hydrogen-bond acceptors (Lipinski definition) is 6. The van der Waals surface area contributed by atoms with Gasteiger partial charge in [-0.05, 0) is 32.0 Å². The molecule has 0 unspecified atom stereocenters. The SMILES string of the molecule is Cc1nn([C@H](C)C(=O)N2CCN(C(=O)c3ccco3)CC2)c(=O)c2c1sc1ccccc12. The molecule has 5 rings (SSSR count). The van der Waals surface area contributed by atoms with Crippen LogP contribution in [-0.4, -0.2) is 57.6 Å². The van der Waals surface area contributed by atoms with Gasteiger partial charge in [-0.25, -0.2) is 4.68 Å². The van der Waals surface area contributed by atoms with E-state index in [1.807, 2.05) is 31.2 Å². The zero-order valence-electron chi connectivity index (χ0n) is 17.8. The summed E-state index contributed by atoms with van der Waals surface area (Å²) in [5, 5.41) is 5.99. The Morgan fingerprint density at radius 1 is 1.06 bits per heavy atom. The largest absolute Gasteiger partial charge is 0.459 e. The Balaban J connectivity index is 1.39. The maximum Gasteiger partial charge on any atom is 0.289 e. The van der Waals surface area contributed by atoms with Crippen LogP contribution in [0.2, 0.25) is 0 Å². The molecule has 164 valence electrons. The highest BCUT2D eigenvalue weighted by molar-refractivity contribution is 7.26. The highest BCUT2D eigenvalue weighted by Gasteiger charge is 2.30. The Bertz CT molecular complexity index is 1380. The molecular weight excluding hydrogens is 428 g/mol. The lowest BCUT2D eigenvalue weighted by Crippen LogP contribution is -2.52. The van der Waals surface area contributed by atoms with Crippen molar-refractivity contribution in [3.8, 4) is 0 Å². The molecule has 0 bridgehead atoms. The van der Waals surface area contributed by atoms with E-state index in [1.165, 1.54) is 10.9 Å². The molecule has 1 aliphatic heterocycles. The first-order valence-electron chi connectivity index (χ1n) is 10.5. The van der Waals surface area contributed by atoms with Crippen molar-refractivity contribution in [2.75, 3.05) is 26.2 Å². The third kappa shape index (κ3) is 3.29. The van der Waals surface area contributed by atoms with Crippen molar-refractivity contribution < 1.29 is 14.0 Å². The fraction of sp³-hybridized carbons (Fsp3) is 0.304. The zero-order valence-corrected chi connectivity index (χ0v) is 18.6. The topological polar surface area (TPSA) is 88.7 Å². The van der Waals surface area contributed by atoms with Gasteiger partial charge in [-0.1, -0.05) is 18.2 Å². The van der Waals surface area contributed by atoms with Gasteiger partial charge in [0.05, 0.1) is 22.0 Å². The van der Waals surface area contributed by atoms with E-state index in [-0.39, 0.29) is 17.4 Å². The lowest BCUT2D eigenvalue weighted by molar-refractivity contribution is -0.136. The second-order valence-corrected chi connectivity index (χ2v) is 8.96. The molecular formula is C23H22N4O4S. The summed E-state index contributed by atoms with van der Waals surface area (Å²) in [6.07, 6.45) is 1.47. The molecule has 0 N–H and O–H groups in total. The van der Waals surface area contributed by atoms with Gasteiger partial charge in [0.25, 0.3) is 11.5 Å². The average molecular weight is 451 g/mol. The van der Waals surface area contributed by atoms with Crippen LogP contribution in [0.1, 0.15) is 29.2 Å². The highest BCUT2D eigenvalue weighted by atomic mass is 32.1. The van der Waals surface area contributed by atoms with Crippen LogP contribution in [-0.2, 0) is 4.79 Å². The fourth-order valence-electron chi connectivity index (χ4n) is 4.20. The van der Waals surface area contributed by atoms with Crippen LogP contribution < -0.4 is 5.56 Å².